The topological polar surface area (TPSA) is 24.5 Å². The molecule has 3 rings (SSSR count). The van der Waals surface area contributed by atoms with Crippen LogP contribution in [-0.2, 0) is 6.54 Å². The van der Waals surface area contributed by atoms with Crippen LogP contribution in [0.3, 0.4) is 0 Å². The third-order valence-corrected chi connectivity index (χ3v) is 4.40. The van der Waals surface area contributed by atoms with Gasteiger partial charge in [0.1, 0.15) is 5.75 Å². The Bertz CT molecular complexity index is 421. The molecule has 0 amide bonds. The average Bonchev–Trinajstić information content (AvgIpc) is 2.87. The Morgan fingerprint density at radius 1 is 1.32 bits per heavy atom. The number of hydrogen-bond donors (Lipinski definition) is 1. The number of hydrogen-bond acceptors (Lipinski definition) is 3. The van der Waals surface area contributed by atoms with Crippen molar-refractivity contribution in [2.75, 3.05) is 32.8 Å². The Morgan fingerprint density at radius 2 is 2.21 bits per heavy atom. The van der Waals surface area contributed by atoms with Crippen LogP contribution in [0.5, 0.6) is 5.75 Å². The van der Waals surface area contributed by atoms with Crippen LogP contribution in [0.2, 0.25) is 0 Å². The third-order valence-electron chi connectivity index (χ3n) is 4.40. The van der Waals surface area contributed by atoms with Gasteiger partial charge in [0.2, 0.25) is 0 Å². The number of nitrogens with zero attached hydrogens (tertiary/aromatic N) is 1. The lowest BCUT2D eigenvalue weighted by Gasteiger charge is -2.34. The van der Waals surface area contributed by atoms with Gasteiger partial charge in [0.15, 0.2) is 0 Å². The van der Waals surface area contributed by atoms with Crippen molar-refractivity contribution in [2.45, 2.75) is 19.9 Å². The lowest BCUT2D eigenvalue weighted by molar-refractivity contribution is 0.142. The molecule has 2 saturated heterocycles. The number of rotatable bonds is 4. The van der Waals surface area contributed by atoms with Crippen molar-refractivity contribution in [2.24, 2.45) is 11.8 Å². The Kier molecular flexibility index (Phi) is 4.04. The molecule has 19 heavy (non-hydrogen) atoms. The van der Waals surface area contributed by atoms with Crippen LogP contribution in [0.25, 0.3) is 0 Å². The van der Waals surface area contributed by atoms with E-state index in [1.54, 1.807) is 0 Å². The first kappa shape index (κ1) is 12.9. The highest BCUT2D eigenvalue weighted by molar-refractivity contribution is 5.28. The summed E-state index contributed by atoms with van der Waals surface area (Å²) in [6.07, 6.45) is 1.35. The Morgan fingerprint density at radius 3 is 3.11 bits per heavy atom. The molecule has 2 fully saturated rings. The highest BCUT2D eigenvalue weighted by Crippen LogP contribution is 2.27. The highest BCUT2D eigenvalue weighted by Gasteiger charge is 2.32. The summed E-state index contributed by atoms with van der Waals surface area (Å²) in [5.41, 5.74) is 1.37. The van der Waals surface area contributed by atoms with Gasteiger partial charge in [-0.1, -0.05) is 12.1 Å². The second-order valence-corrected chi connectivity index (χ2v) is 5.78. The first-order valence-corrected chi connectivity index (χ1v) is 7.50. The summed E-state index contributed by atoms with van der Waals surface area (Å²) in [7, 11) is 0. The molecule has 0 spiro atoms. The Balaban J connectivity index is 1.60. The molecule has 2 unspecified atom stereocenters. The van der Waals surface area contributed by atoms with Crippen molar-refractivity contribution < 1.29 is 4.74 Å². The minimum atomic E-state index is 0.739. The summed E-state index contributed by atoms with van der Waals surface area (Å²) in [6.45, 7) is 8.76. The van der Waals surface area contributed by atoms with Gasteiger partial charge in [-0.3, -0.25) is 4.90 Å². The second-order valence-electron chi connectivity index (χ2n) is 5.78. The van der Waals surface area contributed by atoms with E-state index in [1.165, 1.54) is 38.2 Å². The molecule has 3 nitrogen and oxygen atoms in total. The van der Waals surface area contributed by atoms with Gasteiger partial charge < -0.3 is 10.1 Å². The highest BCUT2D eigenvalue weighted by atomic mass is 16.5. The standard InChI is InChI=1S/C16H24N2O/c1-2-19-16-5-3-4-13(8-16)11-18-7-6-14-9-17-10-15(14)12-18/h3-5,8,14-15,17H,2,6-7,9-12H2,1H3. The van der Waals surface area contributed by atoms with E-state index < -0.39 is 0 Å². The molecule has 2 aliphatic heterocycles. The van der Waals surface area contributed by atoms with Crippen molar-refractivity contribution in [3.8, 4) is 5.75 Å². The van der Waals surface area contributed by atoms with Crippen molar-refractivity contribution in [3.63, 3.8) is 0 Å². The van der Waals surface area contributed by atoms with Gasteiger partial charge in [-0.2, -0.15) is 0 Å². The van der Waals surface area contributed by atoms with E-state index in [1.807, 2.05) is 13.0 Å². The molecule has 2 atom stereocenters. The summed E-state index contributed by atoms with van der Waals surface area (Å²) in [5, 5.41) is 3.53. The van der Waals surface area contributed by atoms with E-state index in [9.17, 15) is 0 Å². The molecule has 0 aromatic heterocycles. The largest absolute Gasteiger partial charge is 0.494 e. The van der Waals surface area contributed by atoms with Crippen LogP contribution in [0, 0.1) is 11.8 Å². The van der Waals surface area contributed by atoms with Crippen molar-refractivity contribution in [3.05, 3.63) is 29.8 Å². The van der Waals surface area contributed by atoms with E-state index in [0.717, 1.165) is 30.7 Å². The van der Waals surface area contributed by atoms with Gasteiger partial charge in [0.25, 0.3) is 0 Å². The number of piperidine rings is 1. The fourth-order valence-corrected chi connectivity index (χ4v) is 3.41. The smallest absolute Gasteiger partial charge is 0.119 e. The molecule has 0 bridgehead atoms. The van der Waals surface area contributed by atoms with Crippen molar-refractivity contribution >= 4 is 0 Å². The molecule has 0 aliphatic carbocycles. The molecular weight excluding hydrogens is 236 g/mol. The van der Waals surface area contributed by atoms with E-state index >= 15 is 0 Å². The van der Waals surface area contributed by atoms with Crippen LogP contribution in [0.15, 0.2) is 24.3 Å². The summed E-state index contributed by atoms with van der Waals surface area (Å²) in [4.78, 5) is 2.60. The summed E-state index contributed by atoms with van der Waals surface area (Å²) >= 11 is 0. The average molecular weight is 260 g/mol. The van der Waals surface area contributed by atoms with Gasteiger partial charge in [-0.15, -0.1) is 0 Å². The Hall–Kier alpha value is -1.06. The third kappa shape index (κ3) is 3.10. The maximum absolute atomic E-state index is 5.58. The summed E-state index contributed by atoms with van der Waals surface area (Å²) in [5.74, 6) is 2.78. The fourth-order valence-electron chi connectivity index (χ4n) is 3.41. The lowest BCUT2D eigenvalue weighted by Crippen LogP contribution is -2.39. The van der Waals surface area contributed by atoms with Crippen LogP contribution in [0.4, 0.5) is 0 Å². The normalized spacial score (nSPS) is 27.2. The second kappa shape index (κ2) is 5.93. The summed E-state index contributed by atoms with van der Waals surface area (Å²) < 4.78 is 5.58. The molecule has 1 aromatic carbocycles. The maximum Gasteiger partial charge on any atom is 0.119 e. The SMILES string of the molecule is CCOc1cccc(CN2CCC3CNCC3C2)c1. The molecule has 0 saturated carbocycles. The van der Waals surface area contributed by atoms with E-state index in [4.69, 9.17) is 4.74 Å². The van der Waals surface area contributed by atoms with E-state index in [2.05, 4.69) is 28.4 Å². The summed E-state index contributed by atoms with van der Waals surface area (Å²) in [6, 6.07) is 8.54. The number of likely N-dealkylation sites (tertiary alicyclic amines) is 1. The molecule has 1 N–H and O–H groups in total. The number of fused-ring (bicyclic) bond motifs is 1. The molecule has 2 heterocycles. The zero-order valence-corrected chi connectivity index (χ0v) is 11.8. The predicted molar refractivity (Wildman–Crippen MR) is 77.4 cm³/mol. The minimum absolute atomic E-state index is 0.739. The van der Waals surface area contributed by atoms with Crippen molar-refractivity contribution in [1.29, 1.82) is 0 Å². The minimum Gasteiger partial charge on any atom is -0.494 e. The van der Waals surface area contributed by atoms with Gasteiger partial charge in [-0.25, -0.2) is 0 Å². The maximum atomic E-state index is 5.58. The molecule has 1 aromatic rings. The zero-order valence-electron chi connectivity index (χ0n) is 11.8. The quantitative estimate of drug-likeness (QED) is 0.897. The van der Waals surface area contributed by atoms with Gasteiger partial charge in [-0.05, 0) is 62.5 Å². The lowest BCUT2D eigenvalue weighted by atomic mass is 9.88. The van der Waals surface area contributed by atoms with Crippen LogP contribution >= 0.6 is 0 Å². The van der Waals surface area contributed by atoms with Crippen LogP contribution in [-0.4, -0.2) is 37.7 Å². The van der Waals surface area contributed by atoms with Gasteiger partial charge in [0.05, 0.1) is 6.61 Å². The van der Waals surface area contributed by atoms with Gasteiger partial charge in [0, 0.05) is 13.1 Å². The first-order chi connectivity index (χ1) is 9.35. The van der Waals surface area contributed by atoms with Crippen LogP contribution in [0.1, 0.15) is 18.9 Å². The molecular formula is C16H24N2O. The number of nitrogens with one attached hydrogen (secondary N) is 1. The van der Waals surface area contributed by atoms with E-state index in [0.29, 0.717) is 0 Å². The number of benzene rings is 1. The fraction of sp³-hybridized carbons (Fsp3) is 0.625. The molecule has 2 aliphatic rings. The predicted octanol–water partition coefficient (Wildman–Crippen LogP) is 2.13. The van der Waals surface area contributed by atoms with Gasteiger partial charge >= 0.3 is 0 Å². The molecule has 104 valence electrons. The first-order valence-electron chi connectivity index (χ1n) is 7.50. The van der Waals surface area contributed by atoms with E-state index in [-0.39, 0.29) is 0 Å². The van der Waals surface area contributed by atoms with Crippen molar-refractivity contribution in [1.82, 2.24) is 10.2 Å². The molecule has 3 heteroatoms. The zero-order chi connectivity index (χ0) is 13.1. The van der Waals surface area contributed by atoms with Crippen LogP contribution < -0.4 is 10.1 Å². The number of ether oxygens (including phenoxy) is 1. The Labute approximate surface area is 115 Å². The monoisotopic (exact) mass is 260 g/mol. The molecule has 0 radical (unpaired) electrons.